The fourth-order valence-corrected chi connectivity index (χ4v) is 4.47. The molecule has 0 aliphatic rings. The molecule has 0 saturated heterocycles. The Kier molecular flexibility index (Phi) is 5.49. The van der Waals surface area contributed by atoms with Gasteiger partial charge in [0.15, 0.2) is 0 Å². The smallest absolute Gasteiger partial charge is 0.271 e. The molecule has 0 atom stereocenters. The summed E-state index contributed by atoms with van der Waals surface area (Å²) in [5, 5.41) is 7.92. The van der Waals surface area contributed by atoms with E-state index in [0.29, 0.717) is 5.56 Å². The van der Waals surface area contributed by atoms with Gasteiger partial charge in [-0.1, -0.05) is 78.9 Å². The molecule has 1 aromatic heterocycles. The van der Waals surface area contributed by atoms with Crippen LogP contribution < -0.4 is 5.43 Å². The second-order valence-electron chi connectivity index (χ2n) is 8.25. The van der Waals surface area contributed by atoms with Crippen LogP contribution in [0.3, 0.4) is 0 Å². The summed E-state index contributed by atoms with van der Waals surface area (Å²) < 4.78 is 2.32. The summed E-state index contributed by atoms with van der Waals surface area (Å²) in [5.74, 6) is -0.207. The van der Waals surface area contributed by atoms with Crippen molar-refractivity contribution in [1.82, 2.24) is 9.99 Å². The molecule has 33 heavy (non-hydrogen) atoms. The van der Waals surface area contributed by atoms with E-state index >= 15 is 0 Å². The summed E-state index contributed by atoms with van der Waals surface area (Å²) in [6.45, 7) is 4.79. The summed E-state index contributed by atoms with van der Waals surface area (Å²) in [6, 6.07) is 30.8. The summed E-state index contributed by atoms with van der Waals surface area (Å²) in [6.07, 6.45) is 1.76. The lowest BCUT2D eigenvalue weighted by molar-refractivity contribution is 0.0954. The van der Waals surface area contributed by atoms with E-state index in [1.165, 1.54) is 16.3 Å². The van der Waals surface area contributed by atoms with Gasteiger partial charge in [-0.2, -0.15) is 5.10 Å². The van der Waals surface area contributed by atoms with Crippen LogP contribution in [0.4, 0.5) is 0 Å². The number of carbonyl (C=O) groups excluding carboxylic acids is 1. The van der Waals surface area contributed by atoms with Crippen molar-refractivity contribution < 1.29 is 4.79 Å². The third-order valence-electron chi connectivity index (χ3n) is 6.24. The minimum atomic E-state index is -0.207. The van der Waals surface area contributed by atoms with E-state index in [0.717, 1.165) is 34.3 Å². The number of benzene rings is 4. The van der Waals surface area contributed by atoms with Crippen LogP contribution in [-0.4, -0.2) is 16.7 Å². The zero-order valence-electron chi connectivity index (χ0n) is 18.7. The summed E-state index contributed by atoms with van der Waals surface area (Å²) in [4.78, 5) is 12.5. The molecule has 4 aromatic carbocycles. The largest absolute Gasteiger partial charge is 0.340 e. The first-order valence-corrected chi connectivity index (χ1v) is 11.1. The van der Waals surface area contributed by atoms with Crippen LogP contribution in [0.15, 0.2) is 96.1 Å². The van der Waals surface area contributed by atoms with Gasteiger partial charge in [-0.25, -0.2) is 5.43 Å². The molecule has 162 valence electrons. The summed E-state index contributed by atoms with van der Waals surface area (Å²) in [7, 11) is 0. The Balaban J connectivity index is 1.50. The number of hydrogen-bond donors (Lipinski definition) is 1. The number of hydrogen-bond acceptors (Lipinski definition) is 2. The van der Waals surface area contributed by atoms with E-state index in [9.17, 15) is 4.79 Å². The third-order valence-corrected chi connectivity index (χ3v) is 6.24. The van der Waals surface area contributed by atoms with Crippen LogP contribution in [0.1, 0.15) is 32.7 Å². The molecular weight excluding hydrogens is 406 g/mol. The maximum atomic E-state index is 12.5. The van der Waals surface area contributed by atoms with Gasteiger partial charge >= 0.3 is 0 Å². The second-order valence-corrected chi connectivity index (χ2v) is 8.25. The van der Waals surface area contributed by atoms with Crippen molar-refractivity contribution in [2.24, 2.45) is 5.10 Å². The highest BCUT2D eigenvalue weighted by molar-refractivity contribution is 6.02. The van der Waals surface area contributed by atoms with Gasteiger partial charge < -0.3 is 4.57 Å². The number of aryl methyl sites for hydroxylation is 1. The van der Waals surface area contributed by atoms with Gasteiger partial charge in [-0.05, 0) is 47.9 Å². The molecule has 5 rings (SSSR count). The monoisotopic (exact) mass is 431 g/mol. The summed E-state index contributed by atoms with van der Waals surface area (Å²) >= 11 is 0. The SMILES string of the molecule is Cc1ccccc1C(=O)N/N=C/c1c(C)n(Cc2cccc3ccccc23)c2ccccc12. The number of hydrazone groups is 1. The maximum Gasteiger partial charge on any atom is 0.271 e. The van der Waals surface area contributed by atoms with Gasteiger partial charge in [0, 0.05) is 34.3 Å². The molecule has 0 fully saturated rings. The Morgan fingerprint density at radius 1 is 0.848 bits per heavy atom. The molecule has 5 aromatic rings. The number of nitrogens with one attached hydrogen (secondary N) is 1. The standard InChI is InChI=1S/C29H25N3O/c1-20-10-3-5-14-24(20)29(33)31-30-18-27-21(2)32(28-17-8-7-16-26(27)28)19-23-13-9-12-22-11-4-6-15-25(22)23/h3-18H,19H2,1-2H3,(H,31,33)/b30-18+. The number of para-hydroxylation sites is 1. The lowest BCUT2D eigenvalue weighted by Crippen LogP contribution is -2.18. The lowest BCUT2D eigenvalue weighted by Gasteiger charge is -2.11. The lowest BCUT2D eigenvalue weighted by atomic mass is 10.0. The minimum absolute atomic E-state index is 0.207. The average Bonchev–Trinajstić information content (AvgIpc) is 3.10. The van der Waals surface area contributed by atoms with E-state index in [-0.39, 0.29) is 5.91 Å². The number of carbonyl (C=O) groups is 1. The van der Waals surface area contributed by atoms with Crippen molar-refractivity contribution in [3.63, 3.8) is 0 Å². The van der Waals surface area contributed by atoms with Crippen LogP contribution in [-0.2, 0) is 6.54 Å². The molecule has 4 heteroatoms. The highest BCUT2D eigenvalue weighted by Crippen LogP contribution is 2.27. The molecule has 0 bridgehead atoms. The van der Waals surface area contributed by atoms with Crippen molar-refractivity contribution >= 4 is 33.8 Å². The van der Waals surface area contributed by atoms with Gasteiger partial charge in [0.1, 0.15) is 0 Å². The molecule has 4 nitrogen and oxygen atoms in total. The number of amides is 1. The predicted octanol–water partition coefficient (Wildman–Crippen LogP) is 6.22. The van der Waals surface area contributed by atoms with Crippen LogP contribution in [0.2, 0.25) is 0 Å². The van der Waals surface area contributed by atoms with Gasteiger partial charge in [-0.3, -0.25) is 4.79 Å². The van der Waals surface area contributed by atoms with E-state index in [1.54, 1.807) is 6.21 Å². The van der Waals surface area contributed by atoms with E-state index < -0.39 is 0 Å². The number of aromatic nitrogens is 1. The zero-order chi connectivity index (χ0) is 22.8. The van der Waals surface area contributed by atoms with Crippen molar-refractivity contribution in [2.75, 3.05) is 0 Å². The molecule has 0 spiro atoms. The quantitative estimate of drug-likeness (QED) is 0.260. The molecule has 0 aliphatic carbocycles. The normalized spacial score (nSPS) is 11.5. The van der Waals surface area contributed by atoms with Crippen molar-refractivity contribution in [1.29, 1.82) is 0 Å². The van der Waals surface area contributed by atoms with Crippen LogP contribution in [0, 0.1) is 13.8 Å². The minimum Gasteiger partial charge on any atom is -0.340 e. The maximum absolute atomic E-state index is 12.5. The first-order valence-electron chi connectivity index (χ1n) is 11.1. The highest BCUT2D eigenvalue weighted by Gasteiger charge is 2.14. The van der Waals surface area contributed by atoms with Crippen molar-refractivity contribution in [3.8, 4) is 0 Å². The molecule has 0 saturated carbocycles. The Morgan fingerprint density at radius 2 is 1.55 bits per heavy atom. The first kappa shape index (κ1) is 20.7. The van der Waals surface area contributed by atoms with Crippen LogP contribution >= 0.6 is 0 Å². The molecule has 1 heterocycles. The van der Waals surface area contributed by atoms with Crippen molar-refractivity contribution in [2.45, 2.75) is 20.4 Å². The van der Waals surface area contributed by atoms with Gasteiger partial charge in [0.2, 0.25) is 0 Å². The molecule has 1 N–H and O–H groups in total. The second kappa shape index (κ2) is 8.75. The Labute approximate surface area is 193 Å². The number of rotatable bonds is 5. The number of nitrogens with zero attached hydrogens (tertiary/aromatic N) is 2. The van der Waals surface area contributed by atoms with E-state index in [1.807, 2.05) is 37.3 Å². The van der Waals surface area contributed by atoms with E-state index in [4.69, 9.17) is 0 Å². The van der Waals surface area contributed by atoms with Gasteiger partial charge in [-0.15, -0.1) is 0 Å². The van der Waals surface area contributed by atoms with E-state index in [2.05, 4.69) is 82.7 Å². The van der Waals surface area contributed by atoms with Gasteiger partial charge in [0.05, 0.1) is 6.21 Å². The first-order chi connectivity index (χ1) is 16.1. The van der Waals surface area contributed by atoms with Crippen LogP contribution in [0.5, 0.6) is 0 Å². The fraction of sp³-hybridized carbons (Fsp3) is 0.103. The predicted molar refractivity (Wildman–Crippen MR) is 136 cm³/mol. The Bertz CT molecular complexity index is 1510. The molecule has 1 amide bonds. The highest BCUT2D eigenvalue weighted by atomic mass is 16.2. The fourth-order valence-electron chi connectivity index (χ4n) is 4.47. The Morgan fingerprint density at radius 3 is 2.39 bits per heavy atom. The number of fused-ring (bicyclic) bond motifs is 2. The molecule has 0 aliphatic heterocycles. The molecule has 0 radical (unpaired) electrons. The third kappa shape index (κ3) is 3.92. The average molecular weight is 432 g/mol. The Hall–Kier alpha value is -4.18. The molecular formula is C29H25N3O. The van der Waals surface area contributed by atoms with Crippen molar-refractivity contribution in [3.05, 3.63) is 119 Å². The zero-order valence-corrected chi connectivity index (χ0v) is 18.7. The molecule has 0 unspecified atom stereocenters. The topological polar surface area (TPSA) is 46.4 Å². The van der Waals surface area contributed by atoms with Gasteiger partial charge in [0.25, 0.3) is 5.91 Å². The van der Waals surface area contributed by atoms with Crippen LogP contribution in [0.25, 0.3) is 21.7 Å². The summed E-state index contributed by atoms with van der Waals surface area (Å²) in [5.41, 5.74) is 8.78.